The minimum atomic E-state index is -0.936. The van der Waals surface area contributed by atoms with Gasteiger partial charge < -0.3 is 15.5 Å². The first-order chi connectivity index (χ1) is 14.4. The number of para-hydroxylation sites is 1. The Kier molecular flexibility index (Phi) is 3.68. The highest BCUT2D eigenvalue weighted by atomic mass is 16.6. The summed E-state index contributed by atoms with van der Waals surface area (Å²) in [5.74, 6) is -0.857. The van der Waals surface area contributed by atoms with E-state index in [0.717, 1.165) is 0 Å². The molecule has 0 bridgehead atoms. The number of aromatic amines is 1. The van der Waals surface area contributed by atoms with Crippen LogP contribution in [-0.2, 0) is 0 Å². The summed E-state index contributed by atoms with van der Waals surface area (Å²) in [4.78, 5) is 43.1. The molecule has 30 heavy (non-hydrogen) atoms. The third kappa shape index (κ3) is 2.54. The van der Waals surface area contributed by atoms with E-state index in [2.05, 4.69) is 15.3 Å². The van der Waals surface area contributed by atoms with Crippen molar-refractivity contribution in [2.24, 2.45) is 0 Å². The first-order valence-electron chi connectivity index (χ1n) is 8.91. The zero-order valence-electron chi connectivity index (χ0n) is 15.2. The van der Waals surface area contributed by atoms with Gasteiger partial charge in [-0.2, -0.15) is 4.98 Å². The van der Waals surface area contributed by atoms with E-state index in [1.165, 1.54) is 18.2 Å². The van der Waals surface area contributed by atoms with Crippen LogP contribution in [-0.4, -0.2) is 14.9 Å². The van der Waals surface area contributed by atoms with Crippen molar-refractivity contribution in [2.45, 2.75) is 5.92 Å². The molecular weight excluding hydrogens is 390 g/mol. The van der Waals surface area contributed by atoms with Crippen LogP contribution in [0.15, 0.2) is 62.5 Å². The lowest BCUT2D eigenvalue weighted by molar-refractivity contribution is -0.384. The first-order valence-corrected chi connectivity index (χ1v) is 8.91. The van der Waals surface area contributed by atoms with Gasteiger partial charge in [-0.25, -0.2) is 4.79 Å². The summed E-state index contributed by atoms with van der Waals surface area (Å²) in [5, 5.41) is 14.9. The number of nitrogens with zero attached hydrogens (tertiary/aromatic N) is 2. The van der Waals surface area contributed by atoms with Crippen molar-refractivity contribution in [1.82, 2.24) is 9.97 Å². The van der Waals surface area contributed by atoms with Gasteiger partial charge in [0, 0.05) is 17.5 Å². The molecule has 10 nitrogen and oxygen atoms in total. The molecule has 0 radical (unpaired) electrons. The molecule has 0 saturated carbocycles. The second kappa shape index (κ2) is 6.27. The number of anilines is 3. The van der Waals surface area contributed by atoms with E-state index >= 15 is 0 Å². The number of aromatic nitrogens is 2. The summed E-state index contributed by atoms with van der Waals surface area (Å²) in [7, 11) is 0. The highest BCUT2D eigenvalue weighted by Gasteiger charge is 2.36. The zero-order chi connectivity index (χ0) is 21.0. The van der Waals surface area contributed by atoms with E-state index < -0.39 is 22.0 Å². The molecule has 1 aliphatic rings. The number of nitrogens with two attached hydrogens (primary N) is 1. The Morgan fingerprint density at radius 2 is 1.90 bits per heavy atom. The second-order valence-corrected chi connectivity index (χ2v) is 6.80. The maximum absolute atomic E-state index is 13.0. The van der Waals surface area contributed by atoms with Crippen molar-refractivity contribution in [2.75, 3.05) is 11.1 Å². The average Bonchev–Trinajstić information content (AvgIpc) is 2.72. The van der Waals surface area contributed by atoms with E-state index in [4.69, 9.17) is 10.2 Å². The topological polar surface area (TPSA) is 157 Å². The Hall–Kier alpha value is -4.47. The molecule has 148 valence electrons. The van der Waals surface area contributed by atoms with Crippen LogP contribution in [0.5, 0.6) is 0 Å². The van der Waals surface area contributed by atoms with Gasteiger partial charge in [0.1, 0.15) is 11.4 Å². The third-order valence-electron chi connectivity index (χ3n) is 5.06. The maximum atomic E-state index is 13.0. The smallest absolute Gasteiger partial charge is 0.342 e. The molecule has 10 heteroatoms. The molecule has 0 fully saturated rings. The van der Waals surface area contributed by atoms with Gasteiger partial charge in [0.15, 0.2) is 0 Å². The van der Waals surface area contributed by atoms with Gasteiger partial charge in [-0.3, -0.25) is 19.9 Å². The van der Waals surface area contributed by atoms with Crippen LogP contribution in [0.4, 0.5) is 23.1 Å². The van der Waals surface area contributed by atoms with Crippen LogP contribution >= 0.6 is 0 Å². The quantitative estimate of drug-likeness (QED) is 0.230. The van der Waals surface area contributed by atoms with Crippen LogP contribution < -0.4 is 22.2 Å². The molecule has 0 saturated heterocycles. The van der Waals surface area contributed by atoms with Gasteiger partial charge in [0.25, 0.3) is 11.2 Å². The van der Waals surface area contributed by atoms with Gasteiger partial charge in [-0.1, -0.05) is 24.3 Å². The number of nitro groups is 1. The molecule has 2 aromatic carbocycles. The van der Waals surface area contributed by atoms with Crippen molar-refractivity contribution < 1.29 is 9.34 Å². The molecule has 1 atom stereocenters. The van der Waals surface area contributed by atoms with Gasteiger partial charge in [0.05, 0.1) is 27.7 Å². The Morgan fingerprint density at radius 3 is 2.70 bits per heavy atom. The summed E-state index contributed by atoms with van der Waals surface area (Å²) < 4.78 is 5.48. The molecule has 1 aliphatic heterocycles. The fraction of sp³-hybridized carbons (Fsp3) is 0.0500. The minimum absolute atomic E-state index is 0.0974. The van der Waals surface area contributed by atoms with E-state index in [1.807, 2.05) is 0 Å². The standard InChI is InChI=1S/C20H13N5O5/c21-20-23-17-15(18(26)24-20)13(9-4-3-5-10(8-9)25(28)29)14-16(22-17)11-6-1-2-7-12(11)30-19(14)27/h1-8,13H,(H4,21,22,23,24,26). The SMILES string of the molecule is Nc1nc2c(c(=O)[nH]1)C(c1cccc([N+](=O)[O-])c1)c1c(c3ccccc3oc1=O)N2. The van der Waals surface area contributed by atoms with E-state index in [9.17, 15) is 19.7 Å². The van der Waals surface area contributed by atoms with E-state index in [-0.39, 0.29) is 28.6 Å². The Bertz CT molecular complexity index is 1470. The van der Waals surface area contributed by atoms with Crippen molar-refractivity contribution >= 4 is 34.1 Å². The lowest BCUT2D eigenvalue weighted by Crippen LogP contribution is -2.30. The van der Waals surface area contributed by atoms with Crippen LogP contribution in [0.25, 0.3) is 11.0 Å². The molecule has 0 spiro atoms. The summed E-state index contributed by atoms with van der Waals surface area (Å²) in [5.41, 5.74) is 5.78. The number of hydrogen-bond acceptors (Lipinski definition) is 8. The normalized spacial score (nSPS) is 14.6. The molecule has 1 unspecified atom stereocenters. The second-order valence-electron chi connectivity index (χ2n) is 6.80. The number of non-ortho nitro benzene ring substituents is 1. The van der Waals surface area contributed by atoms with Crippen LogP contribution in [0.2, 0.25) is 0 Å². The fourth-order valence-electron chi connectivity index (χ4n) is 3.84. The van der Waals surface area contributed by atoms with Crippen molar-refractivity contribution in [3.05, 3.63) is 96.1 Å². The fourth-order valence-corrected chi connectivity index (χ4v) is 3.84. The molecule has 0 amide bonds. The number of nitrogen functional groups attached to an aromatic ring is 1. The molecule has 4 N–H and O–H groups in total. The average molecular weight is 403 g/mol. The van der Waals surface area contributed by atoms with Gasteiger partial charge >= 0.3 is 5.63 Å². The minimum Gasteiger partial charge on any atom is -0.422 e. The van der Waals surface area contributed by atoms with E-state index in [1.54, 1.807) is 30.3 Å². The summed E-state index contributed by atoms with van der Waals surface area (Å²) >= 11 is 0. The van der Waals surface area contributed by atoms with Crippen molar-refractivity contribution in [3.63, 3.8) is 0 Å². The van der Waals surface area contributed by atoms with Crippen molar-refractivity contribution in [1.29, 1.82) is 0 Å². The van der Waals surface area contributed by atoms with Crippen LogP contribution in [0.3, 0.4) is 0 Å². The molecule has 0 aliphatic carbocycles. The van der Waals surface area contributed by atoms with E-state index in [0.29, 0.717) is 22.2 Å². The van der Waals surface area contributed by atoms with Crippen LogP contribution in [0, 0.1) is 10.1 Å². The third-order valence-corrected chi connectivity index (χ3v) is 5.06. The van der Waals surface area contributed by atoms with Gasteiger partial charge in [-0.15, -0.1) is 0 Å². The summed E-state index contributed by atoms with van der Waals surface area (Å²) in [6.07, 6.45) is 0. The number of benzene rings is 2. The molecule has 2 aromatic heterocycles. The summed E-state index contributed by atoms with van der Waals surface area (Å²) in [6.45, 7) is 0. The molecule has 3 heterocycles. The predicted octanol–water partition coefficient (Wildman–Crippen LogP) is 2.60. The van der Waals surface area contributed by atoms with Gasteiger partial charge in [0.2, 0.25) is 5.95 Å². The number of nitro benzene ring substituents is 1. The van der Waals surface area contributed by atoms with Crippen molar-refractivity contribution in [3.8, 4) is 0 Å². The monoisotopic (exact) mass is 403 g/mol. The number of nitrogens with one attached hydrogen (secondary N) is 2. The number of rotatable bonds is 2. The highest BCUT2D eigenvalue weighted by molar-refractivity contribution is 5.95. The molecular formula is C20H13N5O5. The zero-order valence-corrected chi connectivity index (χ0v) is 15.2. The highest BCUT2D eigenvalue weighted by Crippen LogP contribution is 2.44. The lowest BCUT2D eigenvalue weighted by Gasteiger charge is -2.27. The number of H-pyrrole nitrogens is 1. The largest absolute Gasteiger partial charge is 0.422 e. The maximum Gasteiger partial charge on any atom is 0.342 e. The number of fused-ring (bicyclic) bond motifs is 4. The molecule has 4 aromatic rings. The molecule has 5 rings (SSSR count). The Labute approximate surface area is 167 Å². The van der Waals surface area contributed by atoms with Gasteiger partial charge in [-0.05, 0) is 17.7 Å². The lowest BCUT2D eigenvalue weighted by atomic mass is 9.82. The first kappa shape index (κ1) is 17.6. The predicted molar refractivity (Wildman–Crippen MR) is 109 cm³/mol. The van der Waals surface area contributed by atoms with Crippen LogP contribution in [0.1, 0.15) is 22.6 Å². The number of hydrogen-bond donors (Lipinski definition) is 3. The Balaban J connectivity index is 1.90. The summed E-state index contributed by atoms with van der Waals surface area (Å²) in [6, 6.07) is 12.7. The Morgan fingerprint density at radius 1 is 1.10 bits per heavy atom.